The van der Waals surface area contributed by atoms with Gasteiger partial charge in [-0.15, -0.1) is 11.3 Å². The van der Waals surface area contributed by atoms with Gasteiger partial charge in [0.1, 0.15) is 0 Å². The zero-order chi connectivity index (χ0) is 38.2. The Labute approximate surface area is 338 Å². The van der Waals surface area contributed by atoms with Crippen LogP contribution in [0.4, 0.5) is 0 Å². The Morgan fingerprint density at radius 3 is 1.62 bits per heavy atom. The Bertz CT molecular complexity index is 3500. The Kier molecular flexibility index (Phi) is 7.37. The average Bonchev–Trinajstić information content (AvgIpc) is 3.85. The highest BCUT2D eigenvalue weighted by Crippen LogP contribution is 2.44. The average molecular weight is 757 g/mol. The lowest BCUT2D eigenvalue weighted by molar-refractivity contribution is 0.995. The van der Waals surface area contributed by atoms with E-state index in [1.54, 1.807) is 0 Å². The predicted octanol–water partition coefficient (Wildman–Crippen LogP) is 14.3. The molecule has 58 heavy (non-hydrogen) atoms. The number of nitrogens with zero attached hydrogens (tertiary/aromatic N) is 4. The second-order valence-corrected chi connectivity index (χ2v) is 15.9. The predicted molar refractivity (Wildman–Crippen MR) is 244 cm³/mol. The molecule has 5 heteroatoms. The van der Waals surface area contributed by atoms with Crippen molar-refractivity contribution in [1.82, 2.24) is 19.5 Å². The summed E-state index contributed by atoms with van der Waals surface area (Å²) in [6.07, 6.45) is 0. The van der Waals surface area contributed by atoms with Crippen molar-refractivity contribution in [3.8, 4) is 50.8 Å². The highest BCUT2D eigenvalue weighted by molar-refractivity contribution is 7.26. The van der Waals surface area contributed by atoms with Gasteiger partial charge in [-0.3, -0.25) is 4.57 Å². The van der Waals surface area contributed by atoms with Gasteiger partial charge in [-0.25, -0.2) is 15.0 Å². The number of aromatic nitrogens is 4. The molecule has 12 aromatic rings. The summed E-state index contributed by atoms with van der Waals surface area (Å²) in [5.41, 5.74) is 11.4. The van der Waals surface area contributed by atoms with Crippen LogP contribution in [0.2, 0.25) is 0 Å². The molecule has 0 saturated heterocycles. The summed E-state index contributed by atoms with van der Waals surface area (Å²) in [6.45, 7) is 0. The molecule has 12 rings (SSSR count). The summed E-state index contributed by atoms with van der Waals surface area (Å²) in [4.78, 5) is 15.8. The van der Waals surface area contributed by atoms with Gasteiger partial charge in [0.2, 0.25) is 5.95 Å². The van der Waals surface area contributed by atoms with Gasteiger partial charge in [-0.1, -0.05) is 152 Å². The maximum Gasteiger partial charge on any atom is 0.235 e. The van der Waals surface area contributed by atoms with Gasteiger partial charge in [0.05, 0.1) is 33.6 Å². The van der Waals surface area contributed by atoms with Crippen molar-refractivity contribution in [2.24, 2.45) is 0 Å². The van der Waals surface area contributed by atoms with Crippen LogP contribution < -0.4 is 0 Å². The molecule has 0 N–H and O–H groups in total. The summed E-state index contributed by atoms with van der Waals surface area (Å²) in [5.74, 6) is 0.647. The molecular formula is C53H32N4S. The number of benzene rings is 8. The number of fused-ring (bicyclic) bond motifs is 10. The van der Waals surface area contributed by atoms with Crippen LogP contribution in [0.1, 0.15) is 0 Å². The van der Waals surface area contributed by atoms with Crippen LogP contribution in [-0.4, -0.2) is 19.5 Å². The number of hydrogen-bond acceptors (Lipinski definition) is 4. The fraction of sp³-hybridized carbons (Fsp3) is 0. The van der Waals surface area contributed by atoms with Crippen molar-refractivity contribution in [2.45, 2.75) is 0 Å². The summed E-state index contributed by atoms with van der Waals surface area (Å²) in [5, 5.41) is 8.52. The molecule has 4 heterocycles. The van der Waals surface area contributed by atoms with Crippen LogP contribution >= 0.6 is 11.3 Å². The van der Waals surface area contributed by atoms with E-state index in [1.165, 1.54) is 41.7 Å². The maximum absolute atomic E-state index is 5.32. The van der Waals surface area contributed by atoms with E-state index in [1.807, 2.05) is 17.4 Å². The van der Waals surface area contributed by atoms with Gasteiger partial charge >= 0.3 is 0 Å². The number of para-hydroxylation sites is 2. The van der Waals surface area contributed by atoms with Gasteiger partial charge in [-0.2, -0.15) is 0 Å². The first-order valence-electron chi connectivity index (χ1n) is 19.5. The summed E-state index contributed by atoms with van der Waals surface area (Å²) in [7, 11) is 0. The summed E-state index contributed by atoms with van der Waals surface area (Å²) < 4.78 is 4.78. The van der Waals surface area contributed by atoms with E-state index >= 15 is 0 Å². The van der Waals surface area contributed by atoms with E-state index in [4.69, 9.17) is 15.0 Å². The Hall–Kier alpha value is -7.47. The lowest BCUT2D eigenvalue weighted by Gasteiger charge is -2.14. The van der Waals surface area contributed by atoms with Crippen molar-refractivity contribution in [1.29, 1.82) is 0 Å². The SMILES string of the molecule is c1ccc(-c2cc(-c3ccc(-c4ccc5nc(-c6ccccc6)c6ccc7sc8ccccc8c7c6c5c4)cc3)nc(-n3c4ccccc4c4ccccc43)n2)cc1. The molecule has 0 aliphatic rings. The van der Waals surface area contributed by atoms with Crippen LogP contribution in [-0.2, 0) is 0 Å². The molecule has 4 nitrogen and oxygen atoms in total. The van der Waals surface area contributed by atoms with E-state index in [-0.39, 0.29) is 0 Å². The summed E-state index contributed by atoms with van der Waals surface area (Å²) >= 11 is 1.85. The largest absolute Gasteiger partial charge is 0.278 e. The minimum absolute atomic E-state index is 0.647. The first kappa shape index (κ1) is 32.7. The molecule has 0 aliphatic carbocycles. The van der Waals surface area contributed by atoms with Crippen molar-refractivity contribution >= 4 is 75.0 Å². The maximum atomic E-state index is 5.32. The van der Waals surface area contributed by atoms with Gasteiger partial charge in [-0.05, 0) is 53.6 Å². The lowest BCUT2D eigenvalue weighted by atomic mass is 9.94. The molecular weight excluding hydrogens is 725 g/mol. The van der Waals surface area contributed by atoms with E-state index in [0.717, 1.165) is 66.8 Å². The first-order chi connectivity index (χ1) is 28.7. The number of rotatable bonds is 5. The van der Waals surface area contributed by atoms with Crippen LogP contribution in [0.15, 0.2) is 194 Å². The quantitative estimate of drug-likeness (QED) is 0.164. The van der Waals surface area contributed by atoms with Gasteiger partial charge in [0, 0.05) is 63.8 Å². The topological polar surface area (TPSA) is 43.6 Å². The molecule has 0 saturated carbocycles. The zero-order valence-corrected chi connectivity index (χ0v) is 32.0. The molecule has 0 radical (unpaired) electrons. The van der Waals surface area contributed by atoms with E-state index in [0.29, 0.717) is 5.95 Å². The molecule has 8 aromatic carbocycles. The van der Waals surface area contributed by atoms with Crippen LogP contribution in [0.25, 0.3) is 115 Å². The van der Waals surface area contributed by atoms with E-state index < -0.39 is 0 Å². The number of hydrogen-bond donors (Lipinski definition) is 0. The van der Waals surface area contributed by atoms with Crippen LogP contribution in [0.3, 0.4) is 0 Å². The number of pyridine rings is 1. The number of thiophene rings is 1. The van der Waals surface area contributed by atoms with Crippen LogP contribution in [0, 0.1) is 0 Å². The van der Waals surface area contributed by atoms with E-state index in [2.05, 4.69) is 193 Å². The Morgan fingerprint density at radius 2 is 0.914 bits per heavy atom. The molecule has 270 valence electrons. The summed E-state index contributed by atoms with van der Waals surface area (Å²) in [6, 6.07) is 68.9. The lowest BCUT2D eigenvalue weighted by Crippen LogP contribution is -2.03. The smallest absolute Gasteiger partial charge is 0.235 e. The van der Waals surface area contributed by atoms with Crippen molar-refractivity contribution in [2.75, 3.05) is 0 Å². The van der Waals surface area contributed by atoms with Crippen molar-refractivity contribution in [3.63, 3.8) is 0 Å². The first-order valence-corrected chi connectivity index (χ1v) is 20.3. The molecule has 0 fully saturated rings. The second kappa shape index (κ2) is 13.1. The van der Waals surface area contributed by atoms with Gasteiger partial charge in [0.15, 0.2) is 0 Å². The molecule has 0 atom stereocenters. The molecule has 0 bridgehead atoms. The van der Waals surface area contributed by atoms with Crippen LogP contribution in [0.5, 0.6) is 0 Å². The molecule has 0 unspecified atom stereocenters. The molecule has 4 aromatic heterocycles. The molecule has 0 spiro atoms. The van der Waals surface area contributed by atoms with Gasteiger partial charge < -0.3 is 0 Å². The zero-order valence-electron chi connectivity index (χ0n) is 31.2. The third-order valence-corrected chi connectivity index (χ3v) is 12.6. The highest BCUT2D eigenvalue weighted by Gasteiger charge is 2.19. The third-order valence-electron chi connectivity index (χ3n) is 11.4. The third kappa shape index (κ3) is 5.18. The van der Waals surface area contributed by atoms with Crippen molar-refractivity contribution in [3.05, 3.63) is 194 Å². The second-order valence-electron chi connectivity index (χ2n) is 14.8. The minimum Gasteiger partial charge on any atom is -0.278 e. The molecule has 0 amide bonds. The Morgan fingerprint density at radius 1 is 0.345 bits per heavy atom. The Balaban J connectivity index is 1.02. The van der Waals surface area contributed by atoms with E-state index in [9.17, 15) is 0 Å². The minimum atomic E-state index is 0.647. The highest BCUT2D eigenvalue weighted by atomic mass is 32.1. The fourth-order valence-electron chi connectivity index (χ4n) is 8.71. The normalized spacial score (nSPS) is 11.8. The van der Waals surface area contributed by atoms with Gasteiger partial charge in [0.25, 0.3) is 0 Å². The van der Waals surface area contributed by atoms with Crippen molar-refractivity contribution < 1.29 is 0 Å². The standard InChI is InChI=1S/C53H32N4S/c1-3-13-34(14-4-1)44-32-45(56-53(55-44)57-46-20-10-7-17-38(46)39-18-8-11-21-47(39)57)35-25-23-33(24-26-35)37-27-29-43-42(31-37)50-41(52(54-43)36-15-5-2-6-16-36)28-30-49-51(50)40-19-9-12-22-48(40)58-49/h1-32H. The molecule has 0 aliphatic heterocycles. The fourth-order valence-corrected chi connectivity index (χ4v) is 9.83. The monoisotopic (exact) mass is 756 g/mol.